The van der Waals surface area contributed by atoms with E-state index in [-0.39, 0.29) is 4.90 Å². The Hall–Kier alpha value is -2.00. The van der Waals surface area contributed by atoms with Crippen molar-refractivity contribution in [3.63, 3.8) is 0 Å². The monoisotopic (exact) mass is 394 g/mol. The third-order valence-electron chi connectivity index (χ3n) is 4.15. The highest BCUT2D eigenvalue weighted by Gasteiger charge is 2.22. The van der Waals surface area contributed by atoms with Crippen molar-refractivity contribution in [1.82, 2.24) is 4.31 Å². The summed E-state index contributed by atoms with van der Waals surface area (Å²) in [6.45, 7) is 3.68. The first-order chi connectivity index (χ1) is 12.0. The Balaban J connectivity index is 2.20. The van der Waals surface area contributed by atoms with Gasteiger partial charge in [0, 0.05) is 18.5 Å². The first-order valence-corrected chi connectivity index (χ1v) is 10.9. The number of primary sulfonamides is 1. The Morgan fingerprint density at radius 3 is 2.00 bits per heavy atom. The molecule has 0 aliphatic rings. The number of sulfonamides is 2. The Kier molecular flexibility index (Phi) is 6.02. The van der Waals surface area contributed by atoms with Gasteiger partial charge in [0.15, 0.2) is 0 Å². The molecule has 0 spiro atoms. The molecule has 2 aromatic carbocycles. The van der Waals surface area contributed by atoms with Gasteiger partial charge in [0.1, 0.15) is 0 Å². The third-order valence-corrected chi connectivity index (χ3v) is 6.68. The molecule has 6 nitrogen and oxygen atoms in total. The second-order valence-corrected chi connectivity index (χ2v) is 9.50. The van der Waals surface area contributed by atoms with Crippen LogP contribution in [0.3, 0.4) is 0 Å². The number of rotatable bonds is 6. The summed E-state index contributed by atoms with van der Waals surface area (Å²) in [4.78, 5) is -0.0155. The largest absolute Gasteiger partial charge is 0.238 e. The first-order valence-electron chi connectivity index (χ1n) is 7.86. The average molecular weight is 395 g/mol. The molecule has 0 bridgehead atoms. The van der Waals surface area contributed by atoms with Gasteiger partial charge in [-0.15, -0.1) is 0 Å². The van der Waals surface area contributed by atoms with Crippen LogP contribution in [0.25, 0.3) is 6.08 Å². The zero-order valence-corrected chi connectivity index (χ0v) is 16.5. The van der Waals surface area contributed by atoms with Crippen molar-refractivity contribution in [2.45, 2.75) is 24.8 Å². The molecule has 140 valence electrons. The Bertz CT molecular complexity index is 994. The Morgan fingerprint density at radius 2 is 1.50 bits per heavy atom. The number of benzene rings is 2. The molecule has 26 heavy (non-hydrogen) atoms. The van der Waals surface area contributed by atoms with Crippen LogP contribution in [0.4, 0.5) is 0 Å². The lowest BCUT2D eigenvalue weighted by atomic mass is 10.1. The summed E-state index contributed by atoms with van der Waals surface area (Å²) >= 11 is 0. The summed E-state index contributed by atoms with van der Waals surface area (Å²) in [7, 11) is -5.94. The summed E-state index contributed by atoms with van der Waals surface area (Å²) < 4.78 is 48.9. The molecule has 2 aromatic rings. The SMILES string of the molecule is Cc1ccc(/C=C/S(=O)(=O)N(C)C(C)c2ccc(S(N)(=O)=O)cc2)cc1. The van der Waals surface area contributed by atoms with Crippen LogP contribution in [0.1, 0.15) is 29.7 Å². The Morgan fingerprint density at radius 1 is 0.962 bits per heavy atom. The minimum Gasteiger partial charge on any atom is -0.225 e. The van der Waals surface area contributed by atoms with Gasteiger partial charge < -0.3 is 0 Å². The molecule has 0 aliphatic heterocycles. The molecule has 0 radical (unpaired) electrons. The fourth-order valence-electron chi connectivity index (χ4n) is 2.30. The Labute approximate surface area is 155 Å². The van der Waals surface area contributed by atoms with Gasteiger partial charge in [-0.05, 0) is 43.2 Å². The molecular formula is C18H22N2O4S2. The smallest absolute Gasteiger partial charge is 0.225 e. The number of nitrogens with zero attached hydrogens (tertiary/aromatic N) is 1. The van der Waals surface area contributed by atoms with Gasteiger partial charge in [-0.2, -0.15) is 4.31 Å². The van der Waals surface area contributed by atoms with E-state index >= 15 is 0 Å². The molecule has 2 N–H and O–H groups in total. The van der Waals surface area contributed by atoms with E-state index in [2.05, 4.69) is 0 Å². The second-order valence-electron chi connectivity index (χ2n) is 6.06. The summed E-state index contributed by atoms with van der Waals surface area (Å²) in [5.74, 6) is 0. The molecule has 0 saturated heterocycles. The number of hydrogen-bond acceptors (Lipinski definition) is 4. The van der Waals surface area contributed by atoms with Crippen LogP contribution in [0.2, 0.25) is 0 Å². The van der Waals surface area contributed by atoms with E-state index in [1.54, 1.807) is 25.1 Å². The molecule has 0 aliphatic carbocycles. The lowest BCUT2D eigenvalue weighted by Gasteiger charge is -2.23. The van der Waals surface area contributed by atoms with E-state index in [4.69, 9.17) is 5.14 Å². The molecule has 2 rings (SSSR count). The molecular weight excluding hydrogens is 372 g/mol. The highest BCUT2D eigenvalue weighted by molar-refractivity contribution is 7.92. The number of aryl methyl sites for hydroxylation is 1. The van der Waals surface area contributed by atoms with Crippen LogP contribution in [0.15, 0.2) is 58.8 Å². The fourth-order valence-corrected chi connectivity index (χ4v) is 3.90. The van der Waals surface area contributed by atoms with Gasteiger partial charge in [-0.1, -0.05) is 42.0 Å². The number of nitrogens with two attached hydrogens (primary N) is 1. The van der Waals surface area contributed by atoms with Crippen molar-refractivity contribution < 1.29 is 16.8 Å². The van der Waals surface area contributed by atoms with Crippen molar-refractivity contribution in [3.8, 4) is 0 Å². The van der Waals surface area contributed by atoms with Crippen LogP contribution in [0.5, 0.6) is 0 Å². The van der Waals surface area contributed by atoms with Gasteiger partial charge >= 0.3 is 0 Å². The molecule has 0 fully saturated rings. The van der Waals surface area contributed by atoms with Crippen LogP contribution < -0.4 is 5.14 Å². The van der Waals surface area contributed by atoms with Crippen LogP contribution in [-0.2, 0) is 20.0 Å². The predicted molar refractivity (Wildman–Crippen MR) is 103 cm³/mol. The molecule has 1 unspecified atom stereocenters. The lowest BCUT2D eigenvalue weighted by Crippen LogP contribution is -2.28. The maximum Gasteiger partial charge on any atom is 0.238 e. The molecule has 0 heterocycles. The van der Waals surface area contributed by atoms with Crippen molar-refractivity contribution in [2.24, 2.45) is 5.14 Å². The zero-order chi connectivity index (χ0) is 19.5. The molecule has 8 heteroatoms. The summed E-state index contributed by atoms with van der Waals surface area (Å²) in [6.07, 6.45) is 1.54. The fraction of sp³-hybridized carbons (Fsp3) is 0.222. The van der Waals surface area contributed by atoms with Crippen LogP contribution in [0, 0.1) is 6.92 Å². The van der Waals surface area contributed by atoms with Crippen molar-refractivity contribution in [1.29, 1.82) is 0 Å². The minimum atomic E-state index is -3.78. The van der Waals surface area contributed by atoms with E-state index in [9.17, 15) is 16.8 Å². The lowest BCUT2D eigenvalue weighted by molar-refractivity contribution is 0.404. The quantitative estimate of drug-likeness (QED) is 0.814. The van der Waals surface area contributed by atoms with Crippen LogP contribution in [-0.4, -0.2) is 28.2 Å². The highest BCUT2D eigenvalue weighted by atomic mass is 32.2. The third kappa shape index (κ3) is 5.01. The van der Waals surface area contributed by atoms with E-state index in [0.717, 1.165) is 16.5 Å². The van der Waals surface area contributed by atoms with Gasteiger partial charge in [-0.3, -0.25) is 0 Å². The van der Waals surface area contributed by atoms with E-state index < -0.39 is 26.1 Å². The van der Waals surface area contributed by atoms with Gasteiger partial charge in [-0.25, -0.2) is 22.0 Å². The average Bonchev–Trinajstić information content (AvgIpc) is 2.59. The molecule has 0 aromatic heterocycles. The molecule has 1 atom stereocenters. The van der Waals surface area contributed by atoms with Crippen LogP contribution >= 0.6 is 0 Å². The van der Waals surface area contributed by atoms with E-state index in [1.807, 2.05) is 31.2 Å². The van der Waals surface area contributed by atoms with Gasteiger partial charge in [0.2, 0.25) is 20.0 Å². The number of hydrogen-bond donors (Lipinski definition) is 1. The summed E-state index contributed by atoms with van der Waals surface area (Å²) in [6, 6.07) is 12.9. The zero-order valence-electron chi connectivity index (χ0n) is 14.8. The molecule has 0 saturated carbocycles. The second kappa shape index (κ2) is 7.71. The highest BCUT2D eigenvalue weighted by Crippen LogP contribution is 2.23. The van der Waals surface area contributed by atoms with Crippen molar-refractivity contribution >= 4 is 26.1 Å². The molecule has 0 amide bonds. The standard InChI is InChI=1S/C18H22N2O4S2/c1-14-4-6-16(7-5-14)12-13-25(21,22)20(3)15(2)17-8-10-18(11-9-17)26(19,23)24/h4-13,15H,1-3H3,(H2,19,23,24)/b13-12+. The topological polar surface area (TPSA) is 97.5 Å². The summed E-state index contributed by atoms with van der Waals surface area (Å²) in [5, 5.41) is 6.23. The van der Waals surface area contributed by atoms with Gasteiger partial charge in [0.25, 0.3) is 0 Å². The first kappa shape index (κ1) is 20.3. The van der Waals surface area contributed by atoms with E-state index in [1.165, 1.54) is 23.5 Å². The van der Waals surface area contributed by atoms with Crippen molar-refractivity contribution in [3.05, 3.63) is 70.6 Å². The van der Waals surface area contributed by atoms with Crippen molar-refractivity contribution in [2.75, 3.05) is 7.05 Å². The maximum atomic E-state index is 12.5. The summed E-state index contributed by atoms with van der Waals surface area (Å²) in [5.41, 5.74) is 2.55. The van der Waals surface area contributed by atoms with Gasteiger partial charge in [0.05, 0.1) is 4.90 Å². The predicted octanol–water partition coefficient (Wildman–Crippen LogP) is 2.64. The maximum absolute atomic E-state index is 12.5. The van der Waals surface area contributed by atoms with E-state index in [0.29, 0.717) is 5.56 Å². The normalized spacial score (nSPS) is 14.0. The minimum absolute atomic E-state index is 0.0155.